The van der Waals surface area contributed by atoms with Crippen LogP contribution in [0.5, 0.6) is 5.95 Å². The third kappa shape index (κ3) is 2.43. The van der Waals surface area contributed by atoms with Gasteiger partial charge in [0.25, 0.3) is 5.95 Å². The summed E-state index contributed by atoms with van der Waals surface area (Å²) in [6.45, 7) is 1.55. The largest absolute Gasteiger partial charge is 0.422 e. The molecule has 0 saturated carbocycles. The predicted octanol–water partition coefficient (Wildman–Crippen LogP) is 1.03. The van der Waals surface area contributed by atoms with E-state index in [4.69, 9.17) is 13.9 Å². The van der Waals surface area contributed by atoms with Crippen molar-refractivity contribution in [3.63, 3.8) is 0 Å². The number of carbonyl (C=O) groups is 2. The second-order valence-electron chi connectivity index (χ2n) is 2.57. The first-order chi connectivity index (χ1) is 6.67. The maximum atomic E-state index is 11.1. The van der Waals surface area contributed by atoms with Gasteiger partial charge in [-0.3, -0.25) is 4.79 Å². The summed E-state index contributed by atoms with van der Waals surface area (Å²) in [5.41, 5.74) is 0. The Morgan fingerprint density at radius 2 is 2.29 bits per heavy atom. The second kappa shape index (κ2) is 4.57. The minimum Gasteiger partial charge on any atom is -0.422 e. The van der Waals surface area contributed by atoms with Crippen molar-refractivity contribution in [1.29, 1.82) is 0 Å². The smallest absolute Gasteiger partial charge is 0.342 e. The average molecular weight is 198 g/mol. The maximum absolute atomic E-state index is 11.1. The highest BCUT2D eigenvalue weighted by molar-refractivity contribution is 5.76. The Bertz CT molecular complexity index is 328. The Labute approximate surface area is 80.6 Å². The first-order valence-corrected chi connectivity index (χ1v) is 3.97. The molecular formula is C9H10O5. The van der Waals surface area contributed by atoms with Crippen LogP contribution in [0, 0.1) is 0 Å². The SMILES string of the molecule is CO[C@@H](C)C(=O)Oc1ccc(C=O)o1. The third-order valence-electron chi connectivity index (χ3n) is 1.60. The van der Waals surface area contributed by atoms with Gasteiger partial charge in [0.05, 0.1) is 0 Å². The molecule has 0 aliphatic carbocycles. The maximum Gasteiger partial charge on any atom is 0.342 e. The zero-order valence-corrected chi connectivity index (χ0v) is 7.85. The van der Waals surface area contributed by atoms with Crippen LogP contribution in [0.4, 0.5) is 0 Å². The zero-order valence-electron chi connectivity index (χ0n) is 7.85. The Hall–Kier alpha value is -1.62. The predicted molar refractivity (Wildman–Crippen MR) is 46.2 cm³/mol. The molecule has 0 aliphatic heterocycles. The van der Waals surface area contributed by atoms with Crippen LogP contribution in [-0.4, -0.2) is 25.5 Å². The van der Waals surface area contributed by atoms with Gasteiger partial charge in [-0.05, 0) is 13.0 Å². The van der Waals surface area contributed by atoms with Crippen LogP contribution in [-0.2, 0) is 9.53 Å². The molecule has 1 rings (SSSR count). The van der Waals surface area contributed by atoms with Gasteiger partial charge in [-0.15, -0.1) is 0 Å². The molecule has 0 amide bonds. The molecule has 0 bridgehead atoms. The normalized spacial score (nSPS) is 12.1. The van der Waals surface area contributed by atoms with Gasteiger partial charge in [0, 0.05) is 13.2 Å². The Morgan fingerprint density at radius 1 is 1.57 bits per heavy atom. The highest BCUT2D eigenvalue weighted by atomic mass is 16.6. The van der Waals surface area contributed by atoms with Crippen LogP contribution >= 0.6 is 0 Å². The van der Waals surface area contributed by atoms with E-state index in [2.05, 4.69) is 0 Å². The van der Waals surface area contributed by atoms with Crippen LogP contribution in [0.15, 0.2) is 16.5 Å². The molecule has 0 N–H and O–H groups in total. The lowest BCUT2D eigenvalue weighted by atomic mass is 10.4. The molecule has 1 aromatic rings. The third-order valence-corrected chi connectivity index (χ3v) is 1.60. The first kappa shape index (κ1) is 10.5. The fraction of sp³-hybridized carbons (Fsp3) is 0.333. The molecule has 0 aromatic carbocycles. The van der Waals surface area contributed by atoms with Gasteiger partial charge in [0.1, 0.15) is 0 Å². The number of aldehydes is 1. The molecule has 0 saturated heterocycles. The van der Waals surface area contributed by atoms with Gasteiger partial charge < -0.3 is 13.9 Å². The summed E-state index contributed by atoms with van der Waals surface area (Å²) in [6, 6.07) is 2.80. The van der Waals surface area contributed by atoms with Crippen LogP contribution in [0.3, 0.4) is 0 Å². The topological polar surface area (TPSA) is 65.7 Å². The fourth-order valence-electron chi connectivity index (χ4n) is 0.731. The molecule has 0 fully saturated rings. The molecule has 1 atom stereocenters. The van der Waals surface area contributed by atoms with E-state index in [1.807, 2.05) is 0 Å². The molecular weight excluding hydrogens is 188 g/mol. The van der Waals surface area contributed by atoms with Crippen molar-refractivity contribution in [1.82, 2.24) is 0 Å². The van der Waals surface area contributed by atoms with Crippen molar-refractivity contribution >= 4 is 12.3 Å². The molecule has 0 aliphatic rings. The Balaban J connectivity index is 2.60. The van der Waals surface area contributed by atoms with Crippen molar-refractivity contribution in [2.24, 2.45) is 0 Å². The lowest BCUT2D eigenvalue weighted by molar-refractivity contribution is -0.145. The number of rotatable bonds is 4. The summed E-state index contributed by atoms with van der Waals surface area (Å²) < 4.78 is 14.3. The zero-order chi connectivity index (χ0) is 10.6. The number of carbonyl (C=O) groups excluding carboxylic acids is 2. The van der Waals surface area contributed by atoms with Gasteiger partial charge in [0.2, 0.25) is 0 Å². The van der Waals surface area contributed by atoms with Crippen molar-refractivity contribution in [3.05, 3.63) is 17.9 Å². The van der Waals surface area contributed by atoms with E-state index < -0.39 is 12.1 Å². The van der Waals surface area contributed by atoms with E-state index in [-0.39, 0.29) is 11.7 Å². The van der Waals surface area contributed by atoms with Gasteiger partial charge in [-0.1, -0.05) is 0 Å². The monoisotopic (exact) mass is 198 g/mol. The summed E-state index contributed by atoms with van der Waals surface area (Å²) in [5, 5.41) is 0. The van der Waals surface area contributed by atoms with Gasteiger partial charge in [-0.2, -0.15) is 0 Å². The number of hydrogen-bond acceptors (Lipinski definition) is 5. The average Bonchev–Trinajstić information content (AvgIpc) is 2.64. The number of esters is 1. The molecule has 5 nitrogen and oxygen atoms in total. The molecule has 1 heterocycles. The molecule has 0 unspecified atom stereocenters. The minimum absolute atomic E-state index is 0.0130. The van der Waals surface area contributed by atoms with Crippen molar-refractivity contribution in [3.8, 4) is 5.95 Å². The summed E-state index contributed by atoms with van der Waals surface area (Å²) in [4.78, 5) is 21.4. The molecule has 1 aromatic heterocycles. The molecule has 14 heavy (non-hydrogen) atoms. The van der Waals surface area contributed by atoms with Crippen LogP contribution < -0.4 is 4.74 Å². The highest BCUT2D eigenvalue weighted by Gasteiger charge is 2.15. The number of methoxy groups -OCH3 is 1. The van der Waals surface area contributed by atoms with E-state index in [9.17, 15) is 9.59 Å². The molecule has 0 radical (unpaired) electrons. The number of furan rings is 1. The van der Waals surface area contributed by atoms with E-state index >= 15 is 0 Å². The molecule has 5 heteroatoms. The molecule has 76 valence electrons. The van der Waals surface area contributed by atoms with Crippen LogP contribution in [0.2, 0.25) is 0 Å². The lowest BCUT2D eigenvalue weighted by Gasteiger charge is -2.06. The van der Waals surface area contributed by atoms with Crippen molar-refractivity contribution < 1.29 is 23.5 Å². The summed E-state index contributed by atoms with van der Waals surface area (Å²) in [6.07, 6.45) is -0.142. The van der Waals surface area contributed by atoms with Crippen LogP contribution in [0.1, 0.15) is 17.5 Å². The summed E-state index contributed by atoms with van der Waals surface area (Å²) in [7, 11) is 1.39. The fourth-order valence-corrected chi connectivity index (χ4v) is 0.731. The van der Waals surface area contributed by atoms with Crippen molar-refractivity contribution in [2.45, 2.75) is 13.0 Å². The minimum atomic E-state index is -0.667. The van der Waals surface area contributed by atoms with Crippen LogP contribution in [0.25, 0.3) is 0 Å². The number of hydrogen-bond donors (Lipinski definition) is 0. The first-order valence-electron chi connectivity index (χ1n) is 3.97. The highest BCUT2D eigenvalue weighted by Crippen LogP contribution is 2.15. The summed E-state index contributed by atoms with van der Waals surface area (Å²) >= 11 is 0. The second-order valence-corrected chi connectivity index (χ2v) is 2.57. The van der Waals surface area contributed by atoms with Crippen molar-refractivity contribution in [2.75, 3.05) is 7.11 Å². The Kier molecular flexibility index (Phi) is 3.41. The van der Waals surface area contributed by atoms with E-state index in [0.717, 1.165) is 0 Å². The van der Waals surface area contributed by atoms with E-state index in [1.54, 1.807) is 6.92 Å². The summed E-state index contributed by atoms with van der Waals surface area (Å²) in [5.74, 6) is -0.474. The van der Waals surface area contributed by atoms with E-state index in [0.29, 0.717) is 6.29 Å². The van der Waals surface area contributed by atoms with Gasteiger partial charge in [-0.25, -0.2) is 4.79 Å². The quantitative estimate of drug-likeness (QED) is 0.534. The number of ether oxygens (including phenoxy) is 2. The van der Waals surface area contributed by atoms with Gasteiger partial charge in [0.15, 0.2) is 18.2 Å². The van der Waals surface area contributed by atoms with E-state index in [1.165, 1.54) is 19.2 Å². The Morgan fingerprint density at radius 3 is 2.79 bits per heavy atom. The van der Waals surface area contributed by atoms with Gasteiger partial charge >= 0.3 is 5.97 Å². The standard InChI is InChI=1S/C9H10O5/c1-6(12-2)9(11)14-8-4-3-7(5-10)13-8/h3-6H,1-2H3/t6-/m0/s1. The lowest BCUT2D eigenvalue weighted by Crippen LogP contribution is -2.24. The molecule has 0 spiro atoms.